The summed E-state index contributed by atoms with van der Waals surface area (Å²) in [7, 11) is 3.15. The van der Waals surface area contributed by atoms with Crippen LogP contribution in [-0.4, -0.2) is 162 Å². The molecule has 0 saturated carbocycles. The van der Waals surface area contributed by atoms with E-state index in [2.05, 4.69) is 92.7 Å². The monoisotopic (exact) mass is 2030 g/mol. The third-order valence-corrected chi connectivity index (χ3v) is 24.0. The maximum Gasteiger partial charge on any atom is 0.295 e. The van der Waals surface area contributed by atoms with Gasteiger partial charge >= 0.3 is 0 Å². The number of benzene rings is 5. The van der Waals surface area contributed by atoms with E-state index < -0.39 is 0 Å². The highest BCUT2D eigenvalue weighted by Gasteiger charge is 2.27. The van der Waals surface area contributed by atoms with Crippen LogP contribution in [0.4, 0.5) is 17.2 Å². The van der Waals surface area contributed by atoms with Gasteiger partial charge in [0, 0.05) is 105 Å². The van der Waals surface area contributed by atoms with Crippen LogP contribution in [0, 0.1) is 12.8 Å². The lowest BCUT2D eigenvalue weighted by molar-refractivity contribution is 0.133. The molecule has 1 atom stereocenters. The van der Waals surface area contributed by atoms with Crippen LogP contribution in [0.2, 0.25) is 25.1 Å². The van der Waals surface area contributed by atoms with Crippen LogP contribution >= 0.6 is 80.7 Å². The van der Waals surface area contributed by atoms with Crippen LogP contribution in [0.25, 0.3) is 111 Å². The van der Waals surface area contributed by atoms with E-state index in [1.54, 1.807) is 61.8 Å². The Kier molecular flexibility index (Phi) is 37.4. The highest BCUT2D eigenvalue weighted by atomic mass is 35.5. The zero-order valence-corrected chi connectivity index (χ0v) is 89.1. The van der Waals surface area contributed by atoms with E-state index in [9.17, 15) is 0 Å². The lowest BCUT2D eigenvalue weighted by Crippen LogP contribution is -2.26. The van der Waals surface area contributed by atoms with Crippen molar-refractivity contribution in [2.24, 2.45) is 5.92 Å². The van der Waals surface area contributed by atoms with Gasteiger partial charge in [0.05, 0.1) is 120 Å². The zero-order chi connectivity index (χ0) is 100. The van der Waals surface area contributed by atoms with Gasteiger partial charge in [-0.1, -0.05) is 92.6 Å². The normalized spacial score (nSPS) is 12.7. The number of rotatable bonds is 33. The van der Waals surface area contributed by atoms with Crippen LogP contribution in [0.5, 0.6) is 57.5 Å². The fourth-order valence-corrected chi connectivity index (χ4v) is 17.6. The van der Waals surface area contributed by atoms with Crippen molar-refractivity contribution >= 4 is 152 Å². The Balaban J connectivity index is 0.000000156. The first-order valence-corrected chi connectivity index (χ1v) is 50.5. The maximum atomic E-state index is 6.82. The van der Waals surface area contributed by atoms with Crippen molar-refractivity contribution in [2.45, 2.75) is 233 Å². The molecule has 1 aliphatic heterocycles. The smallest absolute Gasteiger partial charge is 0.295 e. The van der Waals surface area contributed by atoms with Gasteiger partial charge in [-0.05, 0) is 223 Å². The summed E-state index contributed by atoms with van der Waals surface area (Å²) in [4.78, 5) is 53.3. The van der Waals surface area contributed by atoms with Crippen LogP contribution in [0.1, 0.15) is 189 Å². The van der Waals surface area contributed by atoms with Gasteiger partial charge in [-0.15, -0.1) is 22.7 Å². The molecule has 0 bridgehead atoms. The predicted molar refractivity (Wildman–Crippen MR) is 567 cm³/mol. The van der Waals surface area contributed by atoms with Gasteiger partial charge in [0.1, 0.15) is 141 Å². The molecule has 1 saturated heterocycles. The number of hydrogen-bond acceptors (Lipinski definition) is 29. The number of nitrogens with zero attached hydrogens (tertiary/aromatic N) is 12. The first kappa shape index (κ1) is 107. The highest BCUT2D eigenvalue weighted by Crippen LogP contribution is 2.46. The largest absolute Gasteiger partial charge is 0.495 e. The van der Waals surface area contributed by atoms with Crippen LogP contribution in [0.15, 0.2) is 136 Å². The average molecular weight is 2030 g/mol. The van der Waals surface area contributed by atoms with Crippen molar-refractivity contribution in [3.63, 3.8) is 0 Å². The summed E-state index contributed by atoms with van der Waals surface area (Å²) in [6, 6.07) is 30.0. The number of aryl methyl sites for hydroxylation is 1. The maximum absolute atomic E-state index is 6.82. The molecule has 0 radical (unpaired) electrons. The first-order chi connectivity index (χ1) is 66.2. The Bertz CT molecular complexity index is 6680. The van der Waals surface area contributed by atoms with Crippen molar-refractivity contribution in [1.29, 1.82) is 0 Å². The number of thiazole rings is 2. The molecule has 15 aromatic rings. The number of aromatic nitrogens is 11. The minimum Gasteiger partial charge on any atom is -0.495 e. The number of likely N-dealkylation sites (tertiary alicyclic amines) is 1. The Morgan fingerprint density at radius 3 is 1.17 bits per heavy atom. The van der Waals surface area contributed by atoms with E-state index in [0.29, 0.717) is 177 Å². The number of anilines is 3. The highest BCUT2D eigenvalue weighted by molar-refractivity contribution is 7.14. The van der Waals surface area contributed by atoms with Gasteiger partial charge < -0.3 is 72.2 Å². The SMILES string of the molecule is CC(C)Nc1nc(-c2cc(OC(C)C)c3ccc(OCCN4CC[C@@H](C)C4)c(Cl)c3n2)cs1.CCCOc1ccc2c(OC(C)C)cc(-c3coc(NC(C)C)n3)nc2c1Cl.CCCOc1ccc2c(OC(C)C)cc(-c3nc(C(C)C)cs3)nc2c1Cl.COc1ccc2c(OC(C)(C)C)cc(-c3coc(NC(C)C)n3)nc2c1Cl.COc1ccc2c(OC(C)C)cc(-c3cncc(C)n3)nc2c1Cl. The molecule has 34 heteroatoms. The van der Waals surface area contributed by atoms with E-state index in [4.69, 9.17) is 144 Å². The summed E-state index contributed by atoms with van der Waals surface area (Å²) in [6.07, 6.45) is 9.67. The van der Waals surface area contributed by atoms with E-state index in [1.165, 1.54) is 6.42 Å². The molecule has 16 rings (SSSR count). The number of ether oxygens (including phenoxy) is 10. The Morgan fingerprint density at radius 1 is 0.417 bits per heavy atom. The molecule has 0 aliphatic carbocycles. The predicted octanol–water partition coefficient (Wildman–Crippen LogP) is 29.0. The van der Waals surface area contributed by atoms with Gasteiger partial charge in [-0.3, -0.25) is 9.88 Å². The van der Waals surface area contributed by atoms with E-state index in [-0.39, 0.29) is 42.1 Å². The van der Waals surface area contributed by atoms with Gasteiger partial charge in [-0.2, -0.15) is 9.97 Å². The molecule has 0 amide bonds. The summed E-state index contributed by atoms with van der Waals surface area (Å²) in [5.74, 6) is 7.75. The van der Waals surface area contributed by atoms with Crippen molar-refractivity contribution < 1.29 is 56.2 Å². The van der Waals surface area contributed by atoms with Gasteiger partial charge in [0.2, 0.25) is 0 Å². The Labute approximate surface area is 847 Å². The summed E-state index contributed by atoms with van der Waals surface area (Å²) < 4.78 is 69.6. The van der Waals surface area contributed by atoms with Crippen LogP contribution < -0.4 is 63.3 Å². The summed E-state index contributed by atoms with van der Waals surface area (Å²) >= 11 is 36.2. The number of halogens is 5. The molecule has 5 aromatic carbocycles. The molecule has 0 unspecified atom stereocenters. The summed E-state index contributed by atoms with van der Waals surface area (Å²) in [5.41, 5.74) is 10.7. The van der Waals surface area contributed by atoms with Crippen LogP contribution in [0.3, 0.4) is 0 Å². The van der Waals surface area contributed by atoms with Gasteiger partial charge in [-0.25, -0.2) is 39.9 Å². The van der Waals surface area contributed by atoms with E-state index in [0.717, 1.165) is 115 Å². The Morgan fingerprint density at radius 2 is 0.799 bits per heavy atom. The average Bonchev–Trinajstić information content (AvgIpc) is 1.77. The number of methoxy groups -OCH3 is 2. The summed E-state index contributed by atoms with van der Waals surface area (Å²) in [5, 5.41) is 22.0. The number of pyridine rings is 5. The minimum atomic E-state index is -0.383. The molecule has 1 aliphatic rings. The molecule has 1 fully saturated rings. The second-order valence-corrected chi connectivity index (χ2v) is 40.3. The molecule has 0 spiro atoms. The lowest BCUT2D eigenvalue weighted by atomic mass is 10.1. The standard InChI is InChI=1S/C25H33ClN4O2S.C21H26ClN3O3.C21H25ClN2O2S.C20H24ClN3O3.C18H18ClN3O2/c1-15(2)27-25-29-20(14-33-25)19-12-22(32-16(3)4)18-6-7-21(23(26)24(18)28-19)31-11-10-30-9-8-17(5)13-30;1-6-9-26-17-8-7-14-18(28-13(4)5)10-15(24-20(14)19(17)22)16-11-27-21(25-16)23-12(2)3;1-6-9-25-17-8-7-14-18(26-13(4)5)10-15(23-20(14)19(17)22)21-24-16(11-27-21)12(2)3;1-11(2)22-19-24-14(10-26-19)13-9-16(27-20(3,4)5)12-7-8-15(25-6)17(21)18(12)23-13;1-10(2)24-16-7-13(14-9-20-8-11(3)21-14)22-18-12(16)5-6-15(23-4)17(18)19/h6-7,12,14-17H,8-11,13H2,1-5H3,(H,27,29);7-8,10-13H,6,9H2,1-5H3,(H,23,25);7-8,10-13H,6,9H2,1-5H3;7-11H,1-6H3,(H,22,24);5-10H,1-4H3/t17-;;;;/m1..../s1. The van der Waals surface area contributed by atoms with E-state index >= 15 is 0 Å². The van der Waals surface area contributed by atoms with Crippen molar-refractivity contribution in [3.8, 4) is 114 Å². The van der Waals surface area contributed by atoms with Gasteiger partial charge in [0.15, 0.2) is 5.13 Å². The topological polar surface area (TPSA) is 300 Å². The quantitative estimate of drug-likeness (QED) is 0.0344. The number of oxazole rings is 2. The molecular weight excluding hydrogens is 1900 g/mol. The van der Waals surface area contributed by atoms with Crippen molar-refractivity contribution in [2.75, 3.05) is 69.6 Å². The Hall–Kier alpha value is -11.3. The number of hydrogen-bond donors (Lipinski definition) is 3. The fourth-order valence-electron chi connectivity index (χ4n) is 14.5. The molecule has 27 nitrogen and oxygen atoms in total. The van der Waals surface area contributed by atoms with Crippen LogP contribution in [-0.2, 0) is 0 Å². The third-order valence-electron chi connectivity index (χ3n) is 20.5. The second-order valence-electron chi connectivity index (χ2n) is 36.7. The summed E-state index contributed by atoms with van der Waals surface area (Å²) in [6.45, 7) is 51.7. The molecule has 740 valence electrons. The molecule has 11 heterocycles. The molecule has 3 N–H and O–H groups in total. The number of nitrogens with one attached hydrogen (secondary N) is 3. The first-order valence-electron chi connectivity index (χ1n) is 46.9. The second kappa shape index (κ2) is 48.7. The van der Waals surface area contributed by atoms with Crippen molar-refractivity contribution in [1.82, 2.24) is 59.7 Å². The van der Waals surface area contributed by atoms with Crippen molar-refractivity contribution in [3.05, 3.63) is 163 Å². The minimum absolute atomic E-state index is 0.00345. The number of fused-ring (bicyclic) bond motifs is 5. The lowest BCUT2D eigenvalue weighted by Gasteiger charge is -2.23. The molecule has 139 heavy (non-hydrogen) atoms. The van der Waals surface area contributed by atoms with E-state index in [1.807, 2.05) is 214 Å². The fraction of sp³-hybridized carbons (Fsp3) is 0.419. The molecular formula is C105H126Cl5N15O12S2. The third kappa shape index (κ3) is 28.3. The van der Waals surface area contributed by atoms with Gasteiger partial charge in [0.25, 0.3) is 12.0 Å². The zero-order valence-electron chi connectivity index (χ0n) is 83.7. The molecule has 10 aromatic heterocycles.